The topological polar surface area (TPSA) is 78.0 Å². The van der Waals surface area contributed by atoms with Gasteiger partial charge in [0.2, 0.25) is 0 Å². The molecule has 0 aliphatic heterocycles. The standard InChI is InChI=1S/C20H11N3O3/c24-20-17-10-4-9-15-14-7-1-2-8-16(14)19(18(15)17)21-22(20)12-5-3-6-13(11-12)23(25)26/h1-11H. The lowest BCUT2D eigenvalue weighted by molar-refractivity contribution is -0.384. The highest BCUT2D eigenvalue weighted by molar-refractivity contribution is 6.13. The molecule has 0 amide bonds. The maximum absolute atomic E-state index is 13.0. The zero-order valence-electron chi connectivity index (χ0n) is 13.4. The number of fused-ring (bicyclic) bond motifs is 3. The van der Waals surface area contributed by atoms with Crippen LogP contribution in [0.1, 0.15) is 0 Å². The molecule has 26 heavy (non-hydrogen) atoms. The molecule has 0 spiro atoms. The lowest BCUT2D eigenvalue weighted by Crippen LogP contribution is -2.21. The van der Waals surface area contributed by atoms with Crippen LogP contribution in [0.5, 0.6) is 0 Å². The number of hydrogen-bond donors (Lipinski definition) is 0. The van der Waals surface area contributed by atoms with Crippen molar-refractivity contribution in [3.05, 3.63) is 87.2 Å². The summed E-state index contributed by atoms with van der Waals surface area (Å²) in [5, 5.41) is 17.0. The number of aromatic nitrogens is 2. The van der Waals surface area contributed by atoms with Crippen LogP contribution in [-0.2, 0) is 0 Å². The van der Waals surface area contributed by atoms with E-state index >= 15 is 0 Å². The number of benzene rings is 3. The summed E-state index contributed by atoms with van der Waals surface area (Å²) in [6.45, 7) is 0. The first-order chi connectivity index (χ1) is 12.6. The molecule has 0 atom stereocenters. The molecule has 3 aromatic carbocycles. The van der Waals surface area contributed by atoms with Gasteiger partial charge in [-0.3, -0.25) is 14.9 Å². The van der Waals surface area contributed by atoms with Gasteiger partial charge in [-0.1, -0.05) is 42.5 Å². The van der Waals surface area contributed by atoms with Crippen LogP contribution < -0.4 is 5.56 Å². The van der Waals surface area contributed by atoms with Crippen molar-refractivity contribution in [2.24, 2.45) is 0 Å². The molecule has 0 radical (unpaired) electrons. The summed E-state index contributed by atoms with van der Waals surface area (Å²) < 4.78 is 1.25. The van der Waals surface area contributed by atoms with Gasteiger partial charge in [0.05, 0.1) is 16.0 Å². The Bertz CT molecular complexity index is 1290. The molecule has 4 aromatic rings. The second-order valence-electron chi connectivity index (χ2n) is 6.12. The van der Waals surface area contributed by atoms with Gasteiger partial charge in [0.15, 0.2) is 0 Å². The summed E-state index contributed by atoms with van der Waals surface area (Å²) in [4.78, 5) is 23.6. The van der Waals surface area contributed by atoms with Crippen LogP contribution in [0.15, 0.2) is 71.5 Å². The second kappa shape index (κ2) is 5.10. The third kappa shape index (κ3) is 1.86. The fraction of sp³-hybridized carbons (Fsp3) is 0. The van der Waals surface area contributed by atoms with Crippen molar-refractivity contribution in [3.8, 4) is 28.1 Å². The third-order valence-corrected chi connectivity index (χ3v) is 4.68. The highest BCUT2D eigenvalue weighted by Crippen LogP contribution is 2.44. The van der Waals surface area contributed by atoms with Crippen LogP contribution in [0.3, 0.4) is 0 Å². The predicted molar refractivity (Wildman–Crippen MR) is 98.4 cm³/mol. The SMILES string of the molecule is O=c1c2cccc3c2c(nn1-c1cccc([N+](=O)[O-])c1)-c1ccccc1-3. The molecule has 1 aliphatic carbocycles. The van der Waals surface area contributed by atoms with E-state index in [9.17, 15) is 14.9 Å². The van der Waals surface area contributed by atoms with Crippen LogP contribution >= 0.6 is 0 Å². The first kappa shape index (κ1) is 14.5. The number of nitrogens with zero attached hydrogens (tertiary/aromatic N) is 3. The van der Waals surface area contributed by atoms with Gasteiger partial charge in [-0.2, -0.15) is 9.78 Å². The van der Waals surface area contributed by atoms with E-state index in [0.29, 0.717) is 11.1 Å². The van der Waals surface area contributed by atoms with Crippen molar-refractivity contribution in [2.45, 2.75) is 0 Å². The van der Waals surface area contributed by atoms with Gasteiger partial charge in [-0.15, -0.1) is 0 Å². The van der Waals surface area contributed by atoms with E-state index in [1.54, 1.807) is 18.2 Å². The van der Waals surface area contributed by atoms with E-state index in [0.717, 1.165) is 27.8 Å². The van der Waals surface area contributed by atoms with Crippen molar-refractivity contribution in [3.63, 3.8) is 0 Å². The van der Waals surface area contributed by atoms with E-state index in [-0.39, 0.29) is 11.2 Å². The average molecular weight is 341 g/mol. The van der Waals surface area contributed by atoms with Crippen molar-refractivity contribution in [2.75, 3.05) is 0 Å². The molecular weight excluding hydrogens is 330 g/mol. The minimum Gasteiger partial charge on any atom is -0.267 e. The molecule has 5 rings (SSSR count). The molecule has 0 saturated heterocycles. The first-order valence-electron chi connectivity index (χ1n) is 8.06. The van der Waals surface area contributed by atoms with Crippen molar-refractivity contribution in [1.82, 2.24) is 9.78 Å². The number of nitro benzene ring substituents is 1. The summed E-state index contributed by atoms with van der Waals surface area (Å²) in [7, 11) is 0. The summed E-state index contributed by atoms with van der Waals surface area (Å²) in [6, 6.07) is 19.4. The Hall–Kier alpha value is -3.80. The lowest BCUT2D eigenvalue weighted by atomic mass is 10.0. The van der Waals surface area contributed by atoms with Crippen LogP contribution in [0, 0.1) is 10.1 Å². The number of rotatable bonds is 2. The summed E-state index contributed by atoms with van der Waals surface area (Å²) in [5.74, 6) is 0. The Morgan fingerprint density at radius 3 is 2.42 bits per heavy atom. The zero-order chi connectivity index (χ0) is 17.8. The van der Waals surface area contributed by atoms with Gasteiger partial charge in [0.1, 0.15) is 5.69 Å². The van der Waals surface area contributed by atoms with Crippen molar-refractivity contribution < 1.29 is 4.92 Å². The molecule has 0 unspecified atom stereocenters. The molecule has 1 aromatic heterocycles. The van der Waals surface area contributed by atoms with Crippen LogP contribution in [-0.4, -0.2) is 14.7 Å². The van der Waals surface area contributed by atoms with Gasteiger partial charge in [0, 0.05) is 23.1 Å². The van der Waals surface area contributed by atoms with Gasteiger partial charge in [-0.25, -0.2) is 0 Å². The van der Waals surface area contributed by atoms with E-state index < -0.39 is 4.92 Å². The molecule has 0 fully saturated rings. The normalized spacial score (nSPS) is 11.5. The molecule has 1 aliphatic rings. The first-order valence-corrected chi connectivity index (χ1v) is 8.06. The molecule has 6 nitrogen and oxygen atoms in total. The smallest absolute Gasteiger partial charge is 0.267 e. The average Bonchev–Trinajstić information content (AvgIpc) is 3.00. The highest BCUT2D eigenvalue weighted by atomic mass is 16.6. The third-order valence-electron chi connectivity index (χ3n) is 4.68. The Kier molecular flexibility index (Phi) is 2.85. The molecule has 0 N–H and O–H groups in total. The van der Waals surface area contributed by atoms with E-state index in [4.69, 9.17) is 0 Å². The van der Waals surface area contributed by atoms with E-state index in [2.05, 4.69) is 5.10 Å². The summed E-state index contributed by atoms with van der Waals surface area (Å²) in [6.07, 6.45) is 0. The Labute approximate surface area is 147 Å². The monoisotopic (exact) mass is 341 g/mol. The van der Waals surface area contributed by atoms with Crippen molar-refractivity contribution >= 4 is 16.5 Å². The van der Waals surface area contributed by atoms with Gasteiger partial charge >= 0.3 is 0 Å². The number of hydrogen-bond acceptors (Lipinski definition) is 4. The Morgan fingerprint density at radius 2 is 1.62 bits per heavy atom. The largest absolute Gasteiger partial charge is 0.279 e. The van der Waals surface area contributed by atoms with Crippen LogP contribution in [0.25, 0.3) is 38.8 Å². The lowest BCUT2D eigenvalue weighted by Gasteiger charge is -2.08. The highest BCUT2D eigenvalue weighted by Gasteiger charge is 2.25. The number of nitro groups is 1. The van der Waals surface area contributed by atoms with Gasteiger partial charge < -0.3 is 0 Å². The molecule has 1 heterocycles. The molecule has 124 valence electrons. The van der Waals surface area contributed by atoms with Crippen LogP contribution in [0.2, 0.25) is 0 Å². The summed E-state index contributed by atoms with van der Waals surface area (Å²) in [5.41, 5.74) is 3.70. The quantitative estimate of drug-likeness (QED) is 0.360. The van der Waals surface area contributed by atoms with Crippen LogP contribution in [0.4, 0.5) is 5.69 Å². The minimum absolute atomic E-state index is 0.0816. The van der Waals surface area contributed by atoms with E-state index in [1.165, 1.54) is 16.8 Å². The Morgan fingerprint density at radius 1 is 0.885 bits per heavy atom. The second-order valence-corrected chi connectivity index (χ2v) is 6.12. The van der Waals surface area contributed by atoms with Gasteiger partial charge in [-0.05, 0) is 23.3 Å². The van der Waals surface area contributed by atoms with E-state index in [1.807, 2.05) is 36.4 Å². The maximum atomic E-state index is 13.0. The van der Waals surface area contributed by atoms with Gasteiger partial charge in [0.25, 0.3) is 11.2 Å². The maximum Gasteiger partial charge on any atom is 0.279 e. The Balaban J connectivity index is 1.88. The summed E-state index contributed by atoms with van der Waals surface area (Å²) >= 11 is 0. The molecule has 6 heteroatoms. The molecule has 0 saturated carbocycles. The van der Waals surface area contributed by atoms with Crippen molar-refractivity contribution in [1.29, 1.82) is 0 Å². The molecule has 0 bridgehead atoms. The minimum atomic E-state index is -0.484. The fourth-order valence-corrected chi connectivity index (χ4v) is 3.55. The number of non-ortho nitro benzene ring substituents is 1. The zero-order valence-corrected chi connectivity index (χ0v) is 13.4. The predicted octanol–water partition coefficient (Wildman–Crippen LogP) is 3.94. The fourth-order valence-electron chi connectivity index (χ4n) is 3.55. The molecular formula is C20H11N3O3.